The summed E-state index contributed by atoms with van der Waals surface area (Å²) in [5.41, 5.74) is 2.82. The number of rotatable bonds is 7. The van der Waals surface area contributed by atoms with Gasteiger partial charge in [-0.2, -0.15) is 9.78 Å². The Labute approximate surface area is 189 Å². The van der Waals surface area contributed by atoms with E-state index in [1.165, 1.54) is 18.7 Å². The maximum atomic E-state index is 12.0. The average molecular weight is 449 g/mol. The number of aromatic nitrogens is 3. The van der Waals surface area contributed by atoms with Crippen LogP contribution in [0.15, 0.2) is 46.7 Å². The minimum Gasteiger partial charge on any atom is -0.493 e. The second kappa shape index (κ2) is 9.16. The lowest BCUT2D eigenvalue weighted by Gasteiger charge is -2.16. The third kappa shape index (κ3) is 4.05. The molecule has 0 atom stereocenters. The van der Waals surface area contributed by atoms with Crippen LogP contribution in [0.3, 0.4) is 0 Å². The number of hydrogen-bond donors (Lipinski definition) is 0. The van der Waals surface area contributed by atoms with E-state index in [9.17, 15) is 4.79 Å². The second-order valence-electron chi connectivity index (χ2n) is 6.78. The summed E-state index contributed by atoms with van der Waals surface area (Å²) in [7, 11) is 3.19. The highest BCUT2D eigenvalue weighted by Gasteiger charge is 2.24. The van der Waals surface area contributed by atoms with Gasteiger partial charge in [0.1, 0.15) is 12.4 Å². The number of carbonyl (C=O) groups excluding carboxylic acids is 1. The standard InChI is InChI=1S/C23H20N4O4S/c1-5-10-31-19-8-6-15(14(2)28)11-17(19)22-24-25-23-27(22)26-18(13-32-23)16-7-9-20(29-3)21(12-16)30-4/h1,6-9,11-12H,10,13H2,2-4H3. The predicted molar refractivity (Wildman–Crippen MR) is 122 cm³/mol. The van der Waals surface area contributed by atoms with Gasteiger partial charge in [-0.3, -0.25) is 4.79 Å². The molecule has 3 aromatic rings. The van der Waals surface area contributed by atoms with Gasteiger partial charge in [0.2, 0.25) is 5.16 Å². The van der Waals surface area contributed by atoms with Gasteiger partial charge in [-0.25, -0.2) is 0 Å². The Hall–Kier alpha value is -3.77. The van der Waals surface area contributed by atoms with Gasteiger partial charge in [-0.15, -0.1) is 16.6 Å². The molecule has 0 unspecified atom stereocenters. The van der Waals surface area contributed by atoms with Crippen LogP contribution in [0.25, 0.3) is 11.4 Å². The molecule has 9 heteroatoms. The molecule has 0 N–H and O–H groups in total. The van der Waals surface area contributed by atoms with Crippen molar-refractivity contribution >= 4 is 23.3 Å². The number of ether oxygens (including phenoxy) is 3. The summed E-state index contributed by atoms with van der Waals surface area (Å²) in [4.78, 5) is 12.0. The van der Waals surface area contributed by atoms with E-state index in [0.717, 1.165) is 11.3 Å². The lowest BCUT2D eigenvalue weighted by Crippen LogP contribution is -2.14. The molecule has 1 aliphatic heterocycles. The van der Waals surface area contributed by atoms with Crippen LogP contribution < -0.4 is 14.2 Å². The number of thioether (sulfide) groups is 1. The van der Waals surface area contributed by atoms with E-state index in [1.54, 1.807) is 37.1 Å². The highest BCUT2D eigenvalue weighted by molar-refractivity contribution is 7.99. The molecule has 32 heavy (non-hydrogen) atoms. The van der Waals surface area contributed by atoms with Gasteiger partial charge < -0.3 is 14.2 Å². The number of nitrogens with zero attached hydrogens (tertiary/aromatic N) is 4. The van der Waals surface area contributed by atoms with Crippen LogP contribution >= 0.6 is 11.8 Å². The van der Waals surface area contributed by atoms with Crippen molar-refractivity contribution in [1.82, 2.24) is 14.9 Å². The van der Waals surface area contributed by atoms with Crippen molar-refractivity contribution in [3.05, 3.63) is 47.5 Å². The van der Waals surface area contributed by atoms with E-state index >= 15 is 0 Å². The van der Waals surface area contributed by atoms with Crippen molar-refractivity contribution in [2.24, 2.45) is 5.10 Å². The Kier molecular flexibility index (Phi) is 6.14. The number of ketones is 1. The first-order valence-corrected chi connectivity index (χ1v) is 10.6. The predicted octanol–water partition coefficient (Wildman–Crippen LogP) is 3.54. The molecule has 2 aromatic carbocycles. The van der Waals surface area contributed by atoms with Crippen molar-refractivity contribution in [3.8, 4) is 41.0 Å². The number of carbonyl (C=O) groups is 1. The highest BCUT2D eigenvalue weighted by atomic mass is 32.2. The molecule has 0 aliphatic carbocycles. The van der Waals surface area contributed by atoms with E-state index in [0.29, 0.717) is 45.1 Å². The van der Waals surface area contributed by atoms with Gasteiger partial charge >= 0.3 is 0 Å². The number of Topliss-reactive ketones (excluding diaryl/α,β-unsaturated/α-hetero) is 1. The molecule has 0 saturated heterocycles. The molecule has 1 aromatic heterocycles. The summed E-state index contributed by atoms with van der Waals surface area (Å²) in [6.45, 7) is 1.59. The minimum atomic E-state index is -0.0722. The third-order valence-corrected chi connectivity index (χ3v) is 5.76. The Morgan fingerprint density at radius 3 is 2.62 bits per heavy atom. The van der Waals surface area contributed by atoms with Crippen molar-refractivity contribution in [3.63, 3.8) is 0 Å². The lowest BCUT2D eigenvalue weighted by molar-refractivity contribution is 0.101. The Bertz CT molecular complexity index is 1260. The summed E-state index contributed by atoms with van der Waals surface area (Å²) in [6, 6.07) is 10.8. The fraction of sp³-hybridized carbons (Fsp3) is 0.217. The number of benzene rings is 2. The topological polar surface area (TPSA) is 87.8 Å². The average Bonchev–Trinajstić information content (AvgIpc) is 3.25. The van der Waals surface area contributed by atoms with Crippen molar-refractivity contribution < 1.29 is 19.0 Å². The maximum Gasteiger partial charge on any atom is 0.212 e. The van der Waals surface area contributed by atoms with E-state index < -0.39 is 0 Å². The maximum absolute atomic E-state index is 12.0. The molecule has 2 heterocycles. The number of hydrogen-bond acceptors (Lipinski definition) is 8. The largest absolute Gasteiger partial charge is 0.493 e. The fourth-order valence-electron chi connectivity index (χ4n) is 3.22. The molecule has 1 aliphatic rings. The van der Waals surface area contributed by atoms with Crippen LogP contribution in [-0.2, 0) is 0 Å². The molecule has 0 saturated carbocycles. The first-order valence-electron chi connectivity index (χ1n) is 9.65. The number of fused-ring (bicyclic) bond motifs is 1. The Morgan fingerprint density at radius 2 is 1.91 bits per heavy atom. The molecule has 0 amide bonds. The Balaban J connectivity index is 1.81. The van der Waals surface area contributed by atoms with Gasteiger partial charge in [0.05, 0.1) is 25.5 Å². The van der Waals surface area contributed by atoms with Gasteiger partial charge in [-0.05, 0) is 43.3 Å². The van der Waals surface area contributed by atoms with Gasteiger partial charge in [0.15, 0.2) is 23.1 Å². The van der Waals surface area contributed by atoms with Gasteiger partial charge in [0.25, 0.3) is 0 Å². The summed E-state index contributed by atoms with van der Waals surface area (Å²) in [6.07, 6.45) is 5.35. The first kappa shape index (κ1) is 21.5. The van der Waals surface area contributed by atoms with E-state index in [1.807, 2.05) is 18.2 Å². The van der Waals surface area contributed by atoms with Crippen molar-refractivity contribution in [2.45, 2.75) is 12.1 Å². The molecule has 0 spiro atoms. The zero-order valence-electron chi connectivity index (χ0n) is 17.8. The summed E-state index contributed by atoms with van der Waals surface area (Å²) in [5, 5.41) is 14.0. The first-order chi connectivity index (χ1) is 15.5. The molecule has 0 bridgehead atoms. The zero-order valence-corrected chi connectivity index (χ0v) is 18.6. The van der Waals surface area contributed by atoms with E-state index in [-0.39, 0.29) is 12.4 Å². The molecule has 0 radical (unpaired) electrons. The van der Waals surface area contributed by atoms with Crippen LogP contribution in [-0.4, -0.2) is 52.9 Å². The monoisotopic (exact) mass is 448 g/mol. The van der Waals surface area contributed by atoms with Crippen molar-refractivity contribution in [1.29, 1.82) is 0 Å². The second-order valence-corrected chi connectivity index (χ2v) is 7.73. The molecule has 4 rings (SSSR count). The highest BCUT2D eigenvalue weighted by Crippen LogP contribution is 2.35. The Morgan fingerprint density at radius 1 is 1.12 bits per heavy atom. The molecular formula is C23H20N4O4S. The van der Waals surface area contributed by atoms with Crippen LogP contribution in [0.2, 0.25) is 0 Å². The van der Waals surface area contributed by atoms with Crippen LogP contribution in [0, 0.1) is 12.3 Å². The summed E-state index contributed by atoms with van der Waals surface area (Å²) < 4.78 is 18.1. The lowest BCUT2D eigenvalue weighted by atomic mass is 10.1. The molecule has 162 valence electrons. The minimum absolute atomic E-state index is 0.0722. The summed E-state index contributed by atoms with van der Waals surface area (Å²) in [5.74, 6) is 5.21. The van der Waals surface area contributed by atoms with Gasteiger partial charge in [-0.1, -0.05) is 17.7 Å². The van der Waals surface area contributed by atoms with E-state index in [4.69, 9.17) is 25.7 Å². The van der Waals surface area contributed by atoms with Gasteiger partial charge in [0, 0.05) is 16.9 Å². The van der Waals surface area contributed by atoms with Crippen LogP contribution in [0.4, 0.5) is 0 Å². The van der Waals surface area contributed by atoms with E-state index in [2.05, 4.69) is 16.1 Å². The normalized spacial score (nSPS) is 12.4. The van der Waals surface area contributed by atoms with Crippen molar-refractivity contribution in [2.75, 3.05) is 26.6 Å². The third-order valence-electron chi connectivity index (χ3n) is 4.83. The smallest absolute Gasteiger partial charge is 0.212 e. The fourth-order valence-corrected chi connectivity index (χ4v) is 4.06. The SMILES string of the molecule is C#CCOc1ccc(C(C)=O)cc1-c1nnc2n1N=C(c1ccc(OC)c(OC)c1)CS2. The molecule has 0 fully saturated rings. The number of methoxy groups -OCH3 is 2. The molecule has 8 nitrogen and oxygen atoms in total. The molecular weight excluding hydrogens is 428 g/mol. The quantitative estimate of drug-likeness (QED) is 0.404. The van der Waals surface area contributed by atoms with Crippen LogP contribution in [0.5, 0.6) is 17.2 Å². The zero-order chi connectivity index (χ0) is 22.7. The summed E-state index contributed by atoms with van der Waals surface area (Å²) >= 11 is 1.51. The van der Waals surface area contributed by atoms with Crippen LogP contribution in [0.1, 0.15) is 22.8 Å². The number of terminal acetylenes is 1.